The summed E-state index contributed by atoms with van der Waals surface area (Å²) >= 11 is 0. The van der Waals surface area contributed by atoms with E-state index in [9.17, 15) is 4.79 Å². The molecular formula is C14H27Cl2N5O2. The van der Waals surface area contributed by atoms with Crippen LogP contribution in [0.15, 0.2) is 4.52 Å². The minimum atomic E-state index is -0.132. The number of hydrogen-bond acceptors (Lipinski definition) is 6. The first kappa shape index (κ1) is 22.1. The van der Waals surface area contributed by atoms with Crippen LogP contribution in [-0.4, -0.2) is 58.1 Å². The minimum Gasteiger partial charge on any atom is -0.340 e. The fourth-order valence-electron chi connectivity index (χ4n) is 2.48. The Balaban J connectivity index is 0.00000242. The molecule has 23 heavy (non-hydrogen) atoms. The SMILES string of the molecule is Cc1noc(C(C)N2CCN(C(=O)C(C)C(C)N)CC2)n1.Cl.Cl. The third-order valence-corrected chi connectivity index (χ3v) is 4.25. The van der Waals surface area contributed by atoms with E-state index < -0.39 is 0 Å². The zero-order chi connectivity index (χ0) is 15.6. The fraction of sp³-hybridized carbons (Fsp3) is 0.786. The Labute approximate surface area is 149 Å². The summed E-state index contributed by atoms with van der Waals surface area (Å²) in [5.74, 6) is 1.30. The van der Waals surface area contributed by atoms with E-state index in [4.69, 9.17) is 10.3 Å². The van der Waals surface area contributed by atoms with Crippen LogP contribution in [0, 0.1) is 12.8 Å². The summed E-state index contributed by atoms with van der Waals surface area (Å²) in [6.07, 6.45) is 0. The number of carbonyl (C=O) groups excluding carboxylic acids is 1. The van der Waals surface area contributed by atoms with Crippen LogP contribution in [0.2, 0.25) is 0 Å². The molecule has 3 unspecified atom stereocenters. The largest absolute Gasteiger partial charge is 0.340 e. The molecule has 2 rings (SSSR count). The van der Waals surface area contributed by atoms with Crippen LogP contribution < -0.4 is 5.73 Å². The Morgan fingerprint density at radius 2 is 1.74 bits per heavy atom. The number of piperazine rings is 1. The highest BCUT2D eigenvalue weighted by Gasteiger charge is 2.29. The van der Waals surface area contributed by atoms with Gasteiger partial charge in [-0.2, -0.15) is 4.98 Å². The Morgan fingerprint density at radius 1 is 1.17 bits per heavy atom. The van der Waals surface area contributed by atoms with Crippen molar-refractivity contribution in [3.8, 4) is 0 Å². The van der Waals surface area contributed by atoms with Crippen molar-refractivity contribution >= 4 is 30.7 Å². The molecule has 1 fully saturated rings. The molecule has 2 heterocycles. The number of halogens is 2. The Kier molecular flexibility index (Phi) is 9.05. The standard InChI is InChI=1S/C14H25N5O2.2ClH/c1-9(10(2)15)14(20)19-7-5-18(6-8-19)11(3)13-16-12(4)17-21-13;;/h9-11H,5-8,15H2,1-4H3;2*1H. The van der Waals surface area contributed by atoms with E-state index in [-0.39, 0.29) is 48.7 Å². The highest BCUT2D eigenvalue weighted by Crippen LogP contribution is 2.20. The number of amides is 1. The lowest BCUT2D eigenvalue weighted by Crippen LogP contribution is -2.52. The maximum Gasteiger partial charge on any atom is 0.243 e. The number of carbonyl (C=O) groups is 1. The zero-order valence-corrected chi connectivity index (χ0v) is 15.7. The molecule has 7 nitrogen and oxygen atoms in total. The van der Waals surface area contributed by atoms with Gasteiger partial charge in [-0.3, -0.25) is 9.69 Å². The summed E-state index contributed by atoms with van der Waals surface area (Å²) in [6, 6.07) is -0.0369. The van der Waals surface area contributed by atoms with E-state index >= 15 is 0 Å². The van der Waals surface area contributed by atoms with Crippen LogP contribution in [-0.2, 0) is 4.79 Å². The second kappa shape index (κ2) is 9.42. The van der Waals surface area contributed by atoms with Gasteiger partial charge in [-0.25, -0.2) is 0 Å². The van der Waals surface area contributed by atoms with Crippen LogP contribution in [0.25, 0.3) is 0 Å². The van der Waals surface area contributed by atoms with Crippen LogP contribution in [0.5, 0.6) is 0 Å². The van der Waals surface area contributed by atoms with Crippen molar-refractivity contribution in [2.45, 2.75) is 39.8 Å². The lowest BCUT2D eigenvalue weighted by atomic mass is 10.0. The van der Waals surface area contributed by atoms with Gasteiger partial charge in [0.2, 0.25) is 11.8 Å². The van der Waals surface area contributed by atoms with E-state index in [1.54, 1.807) is 0 Å². The maximum absolute atomic E-state index is 12.3. The molecule has 2 N–H and O–H groups in total. The van der Waals surface area contributed by atoms with Gasteiger partial charge in [0.05, 0.1) is 12.0 Å². The first-order valence-corrected chi connectivity index (χ1v) is 7.48. The predicted octanol–water partition coefficient (Wildman–Crippen LogP) is 1.41. The van der Waals surface area contributed by atoms with Crippen molar-refractivity contribution in [2.75, 3.05) is 26.2 Å². The molecule has 0 spiro atoms. The summed E-state index contributed by atoms with van der Waals surface area (Å²) in [4.78, 5) is 20.7. The van der Waals surface area contributed by atoms with E-state index in [0.717, 1.165) is 13.1 Å². The molecule has 0 saturated carbocycles. The zero-order valence-electron chi connectivity index (χ0n) is 14.1. The second-order valence-electron chi connectivity index (χ2n) is 5.86. The molecule has 1 aliphatic rings. The molecule has 134 valence electrons. The third-order valence-electron chi connectivity index (χ3n) is 4.25. The van der Waals surface area contributed by atoms with Crippen LogP contribution in [0.3, 0.4) is 0 Å². The molecule has 0 bridgehead atoms. The third kappa shape index (κ3) is 5.31. The number of rotatable bonds is 4. The number of hydrogen-bond donors (Lipinski definition) is 1. The van der Waals surface area contributed by atoms with Crippen molar-refractivity contribution in [1.29, 1.82) is 0 Å². The van der Waals surface area contributed by atoms with Crippen LogP contribution >= 0.6 is 24.8 Å². The number of nitrogens with zero attached hydrogens (tertiary/aromatic N) is 4. The summed E-state index contributed by atoms with van der Waals surface area (Å²) in [5.41, 5.74) is 5.81. The molecular weight excluding hydrogens is 341 g/mol. The van der Waals surface area contributed by atoms with E-state index in [1.807, 2.05) is 25.7 Å². The smallest absolute Gasteiger partial charge is 0.243 e. The quantitative estimate of drug-likeness (QED) is 0.865. The fourth-order valence-corrected chi connectivity index (χ4v) is 2.48. The van der Waals surface area contributed by atoms with E-state index in [2.05, 4.69) is 22.0 Å². The highest BCUT2D eigenvalue weighted by atomic mass is 35.5. The number of aromatic nitrogens is 2. The minimum absolute atomic E-state index is 0. The van der Waals surface area contributed by atoms with Gasteiger partial charge in [-0.05, 0) is 20.8 Å². The van der Waals surface area contributed by atoms with Crippen molar-refractivity contribution in [2.24, 2.45) is 11.7 Å². The molecule has 9 heteroatoms. The molecule has 1 aromatic heterocycles. The Bertz CT molecular complexity index is 489. The van der Waals surface area contributed by atoms with Gasteiger partial charge < -0.3 is 15.2 Å². The summed E-state index contributed by atoms with van der Waals surface area (Å²) < 4.78 is 5.22. The van der Waals surface area contributed by atoms with Gasteiger partial charge in [-0.15, -0.1) is 24.8 Å². The highest BCUT2D eigenvalue weighted by molar-refractivity contribution is 5.85. The average Bonchev–Trinajstić information content (AvgIpc) is 2.91. The molecule has 1 saturated heterocycles. The Morgan fingerprint density at radius 3 is 2.17 bits per heavy atom. The van der Waals surface area contributed by atoms with Crippen molar-refractivity contribution < 1.29 is 9.32 Å². The van der Waals surface area contributed by atoms with Crippen LogP contribution in [0.1, 0.15) is 38.5 Å². The number of nitrogens with two attached hydrogens (primary N) is 1. The van der Waals surface area contributed by atoms with Crippen molar-refractivity contribution in [3.05, 3.63) is 11.7 Å². The summed E-state index contributed by atoms with van der Waals surface area (Å²) in [6.45, 7) is 10.7. The van der Waals surface area contributed by atoms with Crippen molar-refractivity contribution in [1.82, 2.24) is 19.9 Å². The van der Waals surface area contributed by atoms with Gasteiger partial charge in [0, 0.05) is 32.2 Å². The van der Waals surface area contributed by atoms with Crippen molar-refractivity contribution in [3.63, 3.8) is 0 Å². The molecule has 0 aliphatic carbocycles. The first-order valence-electron chi connectivity index (χ1n) is 7.48. The van der Waals surface area contributed by atoms with E-state index in [1.165, 1.54) is 0 Å². The maximum atomic E-state index is 12.3. The first-order chi connectivity index (χ1) is 9.90. The molecule has 1 amide bonds. The van der Waals surface area contributed by atoms with E-state index in [0.29, 0.717) is 24.8 Å². The lowest BCUT2D eigenvalue weighted by Gasteiger charge is -2.38. The molecule has 0 aromatic carbocycles. The van der Waals surface area contributed by atoms with Gasteiger partial charge in [0.1, 0.15) is 0 Å². The van der Waals surface area contributed by atoms with Gasteiger partial charge in [-0.1, -0.05) is 12.1 Å². The van der Waals surface area contributed by atoms with Gasteiger partial charge in [0.25, 0.3) is 0 Å². The molecule has 1 aromatic rings. The second-order valence-corrected chi connectivity index (χ2v) is 5.86. The molecule has 3 atom stereocenters. The van der Waals surface area contributed by atoms with Gasteiger partial charge in [0.15, 0.2) is 5.82 Å². The molecule has 1 aliphatic heterocycles. The monoisotopic (exact) mass is 367 g/mol. The van der Waals surface area contributed by atoms with Gasteiger partial charge >= 0.3 is 0 Å². The lowest BCUT2D eigenvalue weighted by molar-refractivity contribution is -0.137. The molecule has 0 radical (unpaired) electrons. The van der Waals surface area contributed by atoms with Crippen LogP contribution in [0.4, 0.5) is 0 Å². The summed E-state index contributed by atoms with van der Waals surface area (Å²) in [7, 11) is 0. The summed E-state index contributed by atoms with van der Waals surface area (Å²) in [5, 5.41) is 3.83. The average molecular weight is 368 g/mol. The predicted molar refractivity (Wildman–Crippen MR) is 92.9 cm³/mol. The Hall–Kier alpha value is -0.890. The number of aryl methyl sites for hydroxylation is 1. The topological polar surface area (TPSA) is 88.5 Å². The normalized spacial score (nSPS) is 19.3.